The molecule has 1 atom stereocenters. The van der Waals surface area contributed by atoms with E-state index in [-0.39, 0.29) is 0 Å². The number of fused-ring (bicyclic) bond motifs is 2. The smallest absolute Gasteiger partial charge is 0.0926 e. The third kappa shape index (κ3) is 2.58. The van der Waals surface area contributed by atoms with Gasteiger partial charge in [-0.3, -0.25) is 4.21 Å². The Labute approximate surface area is 135 Å². The molecule has 3 heteroatoms. The lowest BCUT2D eigenvalue weighted by molar-refractivity contribution is 0.684. The Kier molecular flexibility index (Phi) is 3.53. The van der Waals surface area contributed by atoms with E-state index >= 15 is 0 Å². The Bertz CT molecular complexity index is 952. The third-order valence-corrected chi connectivity index (χ3v) is 6.62. The van der Waals surface area contributed by atoms with Gasteiger partial charge in [0.25, 0.3) is 0 Å². The van der Waals surface area contributed by atoms with E-state index in [4.69, 9.17) is 0 Å². The molecule has 0 N–H and O–H groups in total. The van der Waals surface area contributed by atoms with Crippen LogP contribution in [-0.2, 0) is 16.6 Å². The highest BCUT2D eigenvalue weighted by atomic mass is 32.2. The van der Waals surface area contributed by atoms with Gasteiger partial charge in [-0.1, -0.05) is 60.7 Å². The van der Waals surface area contributed by atoms with Crippen LogP contribution in [0, 0.1) is 0 Å². The van der Waals surface area contributed by atoms with Gasteiger partial charge in [-0.25, -0.2) is 0 Å². The van der Waals surface area contributed by atoms with Gasteiger partial charge in [-0.2, -0.15) is 0 Å². The van der Waals surface area contributed by atoms with Crippen molar-refractivity contribution in [3.63, 3.8) is 0 Å². The molecule has 0 radical (unpaired) electrons. The standard InChI is InChI=1S/C19H14OS2/c20-22(19-12-17-7-3-4-8-18(17)21-19)13-14-9-10-15-5-1-2-6-16(15)11-14/h1-12H,13H2. The third-order valence-electron chi connectivity index (χ3n) is 3.74. The Morgan fingerprint density at radius 3 is 2.32 bits per heavy atom. The first-order chi connectivity index (χ1) is 10.8. The SMILES string of the molecule is O=S(Cc1ccc2ccccc2c1)c1cc2ccccc2s1. The molecule has 1 nitrogen and oxygen atoms in total. The lowest BCUT2D eigenvalue weighted by Gasteiger charge is -2.03. The minimum Gasteiger partial charge on any atom is -0.253 e. The van der Waals surface area contributed by atoms with Crippen molar-refractivity contribution in [2.24, 2.45) is 0 Å². The van der Waals surface area contributed by atoms with E-state index in [0.717, 1.165) is 9.77 Å². The Morgan fingerprint density at radius 2 is 1.50 bits per heavy atom. The van der Waals surface area contributed by atoms with Gasteiger partial charge in [0.2, 0.25) is 0 Å². The molecule has 0 aliphatic rings. The number of hydrogen-bond donors (Lipinski definition) is 0. The van der Waals surface area contributed by atoms with Gasteiger partial charge in [0.05, 0.1) is 20.8 Å². The molecule has 3 aromatic carbocycles. The molecule has 22 heavy (non-hydrogen) atoms. The van der Waals surface area contributed by atoms with Crippen molar-refractivity contribution in [3.05, 3.63) is 78.4 Å². The molecule has 0 aliphatic carbocycles. The highest BCUT2D eigenvalue weighted by Crippen LogP contribution is 2.29. The maximum absolute atomic E-state index is 12.6. The largest absolute Gasteiger partial charge is 0.253 e. The number of thiophene rings is 1. The molecule has 0 bridgehead atoms. The van der Waals surface area contributed by atoms with Crippen LogP contribution < -0.4 is 0 Å². The van der Waals surface area contributed by atoms with Gasteiger partial charge < -0.3 is 0 Å². The zero-order valence-electron chi connectivity index (χ0n) is 11.9. The minimum atomic E-state index is -0.991. The van der Waals surface area contributed by atoms with E-state index in [1.807, 2.05) is 24.3 Å². The molecule has 1 heterocycles. The van der Waals surface area contributed by atoms with E-state index in [9.17, 15) is 4.21 Å². The van der Waals surface area contributed by atoms with Gasteiger partial charge in [-0.05, 0) is 33.9 Å². The monoisotopic (exact) mass is 322 g/mol. The van der Waals surface area contributed by atoms with Crippen molar-refractivity contribution < 1.29 is 4.21 Å². The Morgan fingerprint density at radius 1 is 0.773 bits per heavy atom. The highest BCUT2D eigenvalue weighted by Gasteiger charge is 2.09. The molecule has 0 fully saturated rings. The van der Waals surface area contributed by atoms with Crippen molar-refractivity contribution in [2.45, 2.75) is 9.96 Å². The molecular formula is C19H14OS2. The Balaban J connectivity index is 1.64. The summed E-state index contributed by atoms with van der Waals surface area (Å²) in [6, 6.07) is 24.8. The number of benzene rings is 3. The van der Waals surface area contributed by atoms with E-state index in [2.05, 4.69) is 48.5 Å². The summed E-state index contributed by atoms with van der Waals surface area (Å²) >= 11 is 1.63. The quantitative estimate of drug-likeness (QED) is 0.496. The number of rotatable bonds is 3. The van der Waals surface area contributed by atoms with E-state index in [1.165, 1.54) is 20.9 Å². The van der Waals surface area contributed by atoms with Crippen LogP contribution in [-0.4, -0.2) is 4.21 Å². The van der Waals surface area contributed by atoms with Crippen molar-refractivity contribution in [1.29, 1.82) is 0 Å². The fourth-order valence-electron chi connectivity index (χ4n) is 2.62. The summed E-state index contributed by atoms with van der Waals surface area (Å²) in [6.45, 7) is 0. The van der Waals surface area contributed by atoms with E-state index < -0.39 is 10.8 Å². The molecule has 0 amide bonds. The van der Waals surface area contributed by atoms with E-state index in [1.54, 1.807) is 11.3 Å². The van der Waals surface area contributed by atoms with Crippen LogP contribution in [0.15, 0.2) is 77.0 Å². The molecule has 1 aromatic heterocycles. The van der Waals surface area contributed by atoms with E-state index in [0.29, 0.717) is 5.75 Å². The molecule has 1 unspecified atom stereocenters. The summed E-state index contributed by atoms with van der Waals surface area (Å²) < 4.78 is 14.8. The Hall–Kier alpha value is -1.97. The molecule has 0 saturated carbocycles. The lowest BCUT2D eigenvalue weighted by Crippen LogP contribution is -1.94. The molecule has 0 aliphatic heterocycles. The van der Waals surface area contributed by atoms with Gasteiger partial charge in [0, 0.05) is 4.70 Å². The topological polar surface area (TPSA) is 17.1 Å². The summed E-state index contributed by atoms with van der Waals surface area (Å²) in [6.07, 6.45) is 0. The van der Waals surface area contributed by atoms with Crippen LogP contribution in [0.4, 0.5) is 0 Å². The predicted octanol–water partition coefficient (Wildman–Crippen LogP) is 5.36. The highest BCUT2D eigenvalue weighted by molar-refractivity contribution is 7.86. The fraction of sp³-hybridized carbons (Fsp3) is 0.0526. The first-order valence-corrected chi connectivity index (χ1v) is 9.28. The van der Waals surface area contributed by atoms with Gasteiger partial charge >= 0.3 is 0 Å². The van der Waals surface area contributed by atoms with Crippen molar-refractivity contribution in [1.82, 2.24) is 0 Å². The zero-order chi connectivity index (χ0) is 14.9. The van der Waals surface area contributed by atoms with Crippen LogP contribution in [0.2, 0.25) is 0 Å². The van der Waals surface area contributed by atoms with Crippen molar-refractivity contribution in [2.75, 3.05) is 0 Å². The van der Waals surface area contributed by atoms with Crippen molar-refractivity contribution in [3.8, 4) is 0 Å². The van der Waals surface area contributed by atoms with Gasteiger partial charge in [0.15, 0.2) is 0 Å². The molecule has 4 aromatic rings. The fourth-order valence-corrected chi connectivity index (χ4v) is 5.12. The second-order valence-electron chi connectivity index (χ2n) is 5.27. The first kappa shape index (κ1) is 13.7. The zero-order valence-corrected chi connectivity index (χ0v) is 13.5. The molecular weight excluding hydrogens is 308 g/mol. The normalized spacial score (nSPS) is 12.7. The molecule has 108 valence electrons. The van der Waals surface area contributed by atoms with Crippen LogP contribution >= 0.6 is 11.3 Å². The van der Waals surface area contributed by atoms with Gasteiger partial charge in [0.1, 0.15) is 0 Å². The summed E-state index contributed by atoms with van der Waals surface area (Å²) in [5.41, 5.74) is 1.12. The molecule has 0 saturated heterocycles. The second-order valence-corrected chi connectivity index (χ2v) is 8.04. The van der Waals surface area contributed by atoms with Gasteiger partial charge in [-0.15, -0.1) is 11.3 Å². The summed E-state index contributed by atoms with van der Waals surface area (Å²) in [7, 11) is -0.991. The average molecular weight is 322 g/mol. The van der Waals surface area contributed by atoms with Crippen LogP contribution in [0.5, 0.6) is 0 Å². The van der Waals surface area contributed by atoms with Crippen LogP contribution in [0.1, 0.15) is 5.56 Å². The summed E-state index contributed by atoms with van der Waals surface area (Å²) in [5.74, 6) is 0.567. The predicted molar refractivity (Wildman–Crippen MR) is 95.9 cm³/mol. The van der Waals surface area contributed by atoms with Crippen LogP contribution in [0.3, 0.4) is 0 Å². The summed E-state index contributed by atoms with van der Waals surface area (Å²) in [5, 5.41) is 3.60. The average Bonchev–Trinajstić information content (AvgIpc) is 2.99. The maximum Gasteiger partial charge on any atom is 0.0926 e. The maximum atomic E-state index is 12.6. The second kappa shape index (κ2) is 5.67. The lowest BCUT2D eigenvalue weighted by atomic mass is 10.1. The molecule has 0 spiro atoms. The number of hydrogen-bond acceptors (Lipinski definition) is 2. The first-order valence-electron chi connectivity index (χ1n) is 7.14. The van der Waals surface area contributed by atoms with Crippen LogP contribution in [0.25, 0.3) is 20.9 Å². The summed E-state index contributed by atoms with van der Waals surface area (Å²) in [4.78, 5) is 0. The minimum absolute atomic E-state index is 0.567. The van der Waals surface area contributed by atoms with Crippen molar-refractivity contribution >= 4 is 43.0 Å². The molecule has 4 rings (SSSR count).